The number of rotatable bonds is 7. The van der Waals surface area contributed by atoms with E-state index in [2.05, 4.69) is 21.7 Å². The minimum atomic E-state index is -0.304. The molecule has 146 valence electrons. The number of amides is 2. The van der Waals surface area contributed by atoms with Gasteiger partial charge in [-0.3, -0.25) is 4.98 Å². The van der Waals surface area contributed by atoms with E-state index in [0.717, 1.165) is 22.5 Å². The standard InChI is InChI=1S/C23H22N4O2/c1-17-5-4-7-20(26-17)15-25-23(28)27-22-8-3-2-6-19(22)16-29-21-11-9-18(10-12-21)13-14-24/h2-12H,13,15-16H2,1H3,(H2,25,27,28). The summed E-state index contributed by atoms with van der Waals surface area (Å²) in [4.78, 5) is 16.6. The topological polar surface area (TPSA) is 87.0 Å². The van der Waals surface area contributed by atoms with Crippen molar-refractivity contribution in [3.63, 3.8) is 0 Å². The first kappa shape index (κ1) is 19.9. The van der Waals surface area contributed by atoms with E-state index in [4.69, 9.17) is 10.00 Å². The average molecular weight is 386 g/mol. The molecule has 0 saturated carbocycles. The maximum atomic E-state index is 12.3. The van der Waals surface area contributed by atoms with Crippen molar-refractivity contribution < 1.29 is 9.53 Å². The van der Waals surface area contributed by atoms with E-state index in [0.29, 0.717) is 31.0 Å². The second-order valence-electron chi connectivity index (χ2n) is 6.50. The molecule has 0 aliphatic carbocycles. The highest BCUT2D eigenvalue weighted by Crippen LogP contribution is 2.19. The van der Waals surface area contributed by atoms with Crippen LogP contribution in [0.1, 0.15) is 22.5 Å². The lowest BCUT2D eigenvalue weighted by Crippen LogP contribution is -2.29. The maximum Gasteiger partial charge on any atom is 0.319 e. The molecule has 0 saturated heterocycles. The van der Waals surface area contributed by atoms with Gasteiger partial charge in [-0.05, 0) is 42.8 Å². The van der Waals surface area contributed by atoms with Crippen molar-refractivity contribution in [2.24, 2.45) is 0 Å². The highest BCUT2D eigenvalue weighted by atomic mass is 16.5. The van der Waals surface area contributed by atoms with Gasteiger partial charge < -0.3 is 15.4 Å². The lowest BCUT2D eigenvalue weighted by Gasteiger charge is -2.13. The Labute approximate surface area is 170 Å². The number of anilines is 1. The van der Waals surface area contributed by atoms with Gasteiger partial charge in [-0.2, -0.15) is 5.26 Å². The van der Waals surface area contributed by atoms with Crippen LogP contribution in [0.5, 0.6) is 5.75 Å². The number of pyridine rings is 1. The first-order valence-electron chi connectivity index (χ1n) is 9.28. The number of nitrogens with one attached hydrogen (secondary N) is 2. The van der Waals surface area contributed by atoms with Crippen LogP contribution in [0.2, 0.25) is 0 Å². The third kappa shape index (κ3) is 6.08. The van der Waals surface area contributed by atoms with Crippen molar-refractivity contribution in [2.45, 2.75) is 26.5 Å². The number of carbonyl (C=O) groups excluding carboxylic acids is 1. The molecule has 0 fully saturated rings. The van der Waals surface area contributed by atoms with Gasteiger partial charge in [0, 0.05) is 16.9 Å². The predicted molar refractivity (Wildman–Crippen MR) is 111 cm³/mol. The molecule has 2 aromatic carbocycles. The molecule has 0 aliphatic rings. The highest BCUT2D eigenvalue weighted by molar-refractivity contribution is 5.90. The number of nitrogens with zero attached hydrogens (tertiary/aromatic N) is 2. The number of ether oxygens (including phenoxy) is 1. The zero-order valence-corrected chi connectivity index (χ0v) is 16.2. The SMILES string of the molecule is Cc1cccc(CNC(=O)Nc2ccccc2COc2ccc(CC#N)cc2)n1. The first-order chi connectivity index (χ1) is 14.1. The molecule has 1 heterocycles. The number of hydrogen-bond donors (Lipinski definition) is 2. The van der Waals surface area contributed by atoms with Gasteiger partial charge in [0.15, 0.2) is 0 Å². The molecule has 3 aromatic rings. The van der Waals surface area contributed by atoms with E-state index >= 15 is 0 Å². The molecule has 6 heteroatoms. The van der Waals surface area contributed by atoms with Crippen molar-refractivity contribution >= 4 is 11.7 Å². The smallest absolute Gasteiger partial charge is 0.319 e. The van der Waals surface area contributed by atoms with E-state index in [-0.39, 0.29) is 6.03 Å². The molecule has 0 aliphatic heterocycles. The molecule has 1 aromatic heterocycles. The van der Waals surface area contributed by atoms with Crippen LogP contribution in [0.25, 0.3) is 0 Å². The Morgan fingerprint density at radius 2 is 1.86 bits per heavy atom. The number of hydrogen-bond acceptors (Lipinski definition) is 4. The molecule has 6 nitrogen and oxygen atoms in total. The van der Waals surface area contributed by atoms with Crippen LogP contribution in [-0.2, 0) is 19.6 Å². The number of para-hydroxylation sites is 1. The van der Waals surface area contributed by atoms with Crippen LogP contribution >= 0.6 is 0 Å². The van der Waals surface area contributed by atoms with E-state index in [1.54, 1.807) is 0 Å². The summed E-state index contributed by atoms with van der Waals surface area (Å²) in [6, 6.07) is 22.4. The number of aryl methyl sites for hydroxylation is 1. The maximum absolute atomic E-state index is 12.3. The second-order valence-corrected chi connectivity index (χ2v) is 6.50. The molecule has 2 amide bonds. The Morgan fingerprint density at radius 3 is 2.62 bits per heavy atom. The van der Waals surface area contributed by atoms with Crippen LogP contribution < -0.4 is 15.4 Å². The summed E-state index contributed by atoms with van der Waals surface area (Å²) in [5, 5.41) is 14.4. The van der Waals surface area contributed by atoms with Crippen molar-refractivity contribution in [1.29, 1.82) is 5.26 Å². The fraction of sp³-hybridized carbons (Fsp3) is 0.174. The highest BCUT2D eigenvalue weighted by Gasteiger charge is 2.08. The molecular weight excluding hydrogens is 364 g/mol. The lowest BCUT2D eigenvalue weighted by molar-refractivity contribution is 0.251. The summed E-state index contributed by atoms with van der Waals surface area (Å²) >= 11 is 0. The molecule has 0 spiro atoms. The van der Waals surface area contributed by atoms with E-state index in [1.807, 2.05) is 73.7 Å². The molecule has 2 N–H and O–H groups in total. The fourth-order valence-corrected chi connectivity index (χ4v) is 2.76. The lowest BCUT2D eigenvalue weighted by atomic mass is 10.1. The quantitative estimate of drug-likeness (QED) is 0.632. The molecule has 0 atom stereocenters. The fourth-order valence-electron chi connectivity index (χ4n) is 2.76. The monoisotopic (exact) mass is 386 g/mol. The summed E-state index contributed by atoms with van der Waals surface area (Å²) in [6.45, 7) is 2.57. The van der Waals surface area contributed by atoms with Gasteiger partial charge in [0.2, 0.25) is 0 Å². The minimum absolute atomic E-state index is 0.304. The Kier molecular flexibility index (Phi) is 6.80. The molecule has 29 heavy (non-hydrogen) atoms. The van der Waals surface area contributed by atoms with Gasteiger partial charge >= 0.3 is 6.03 Å². The third-order valence-electron chi connectivity index (χ3n) is 4.24. The van der Waals surface area contributed by atoms with Gasteiger partial charge in [-0.1, -0.05) is 36.4 Å². The zero-order chi connectivity index (χ0) is 20.5. The number of aromatic nitrogens is 1. The van der Waals surface area contributed by atoms with Crippen LogP contribution in [-0.4, -0.2) is 11.0 Å². The summed E-state index contributed by atoms with van der Waals surface area (Å²) in [5.74, 6) is 0.705. The minimum Gasteiger partial charge on any atom is -0.489 e. The zero-order valence-electron chi connectivity index (χ0n) is 16.2. The van der Waals surface area contributed by atoms with Crippen LogP contribution in [0.15, 0.2) is 66.7 Å². The molecule has 0 unspecified atom stereocenters. The van der Waals surface area contributed by atoms with Crippen LogP contribution in [0.4, 0.5) is 10.5 Å². The van der Waals surface area contributed by atoms with E-state index in [1.165, 1.54) is 0 Å². The van der Waals surface area contributed by atoms with E-state index in [9.17, 15) is 4.79 Å². The second kappa shape index (κ2) is 9.90. The van der Waals surface area contributed by atoms with Crippen LogP contribution in [0.3, 0.4) is 0 Å². The number of benzene rings is 2. The third-order valence-corrected chi connectivity index (χ3v) is 4.24. The van der Waals surface area contributed by atoms with Gasteiger partial charge in [0.1, 0.15) is 12.4 Å². The predicted octanol–water partition coefficient (Wildman–Crippen LogP) is 4.36. The van der Waals surface area contributed by atoms with Gasteiger partial charge in [0.25, 0.3) is 0 Å². The Morgan fingerprint density at radius 1 is 1.07 bits per heavy atom. The molecule has 3 rings (SSSR count). The van der Waals surface area contributed by atoms with Crippen molar-refractivity contribution in [2.75, 3.05) is 5.32 Å². The van der Waals surface area contributed by atoms with Crippen molar-refractivity contribution in [3.8, 4) is 11.8 Å². The first-order valence-corrected chi connectivity index (χ1v) is 9.28. The Bertz CT molecular complexity index is 1010. The van der Waals surface area contributed by atoms with Crippen LogP contribution in [0, 0.1) is 18.3 Å². The number of nitriles is 1. The van der Waals surface area contributed by atoms with E-state index < -0.39 is 0 Å². The molecule has 0 bridgehead atoms. The number of carbonyl (C=O) groups is 1. The number of urea groups is 1. The molecular formula is C23H22N4O2. The largest absolute Gasteiger partial charge is 0.489 e. The van der Waals surface area contributed by atoms with Gasteiger partial charge in [-0.25, -0.2) is 4.79 Å². The Balaban J connectivity index is 1.56. The Hall–Kier alpha value is -3.85. The molecule has 0 radical (unpaired) electrons. The van der Waals surface area contributed by atoms with Gasteiger partial charge in [0.05, 0.1) is 24.7 Å². The van der Waals surface area contributed by atoms with Gasteiger partial charge in [-0.15, -0.1) is 0 Å². The average Bonchev–Trinajstić information content (AvgIpc) is 2.73. The summed E-state index contributed by atoms with van der Waals surface area (Å²) < 4.78 is 5.83. The summed E-state index contributed by atoms with van der Waals surface area (Å²) in [6.07, 6.45) is 0.375. The van der Waals surface area contributed by atoms with Crippen molar-refractivity contribution in [1.82, 2.24) is 10.3 Å². The summed E-state index contributed by atoms with van der Waals surface area (Å²) in [5.41, 5.74) is 4.20. The normalized spacial score (nSPS) is 10.1. The van der Waals surface area contributed by atoms with Crippen molar-refractivity contribution in [3.05, 3.63) is 89.2 Å². The summed E-state index contributed by atoms with van der Waals surface area (Å²) in [7, 11) is 0.